The first-order valence-corrected chi connectivity index (χ1v) is 7.67. The van der Waals surface area contributed by atoms with Crippen LogP contribution in [0.15, 0.2) is 12.1 Å². The van der Waals surface area contributed by atoms with Crippen molar-refractivity contribution < 1.29 is 17.6 Å². The van der Waals surface area contributed by atoms with Gasteiger partial charge < -0.3 is 16.8 Å². The highest BCUT2D eigenvalue weighted by Gasteiger charge is 2.11. The molecule has 0 aliphatic heterocycles. The molecule has 0 aliphatic rings. The van der Waals surface area contributed by atoms with Gasteiger partial charge in [0.15, 0.2) is 0 Å². The molecule has 0 heterocycles. The van der Waals surface area contributed by atoms with Gasteiger partial charge in [0.25, 0.3) is 5.91 Å². The molecule has 20 heavy (non-hydrogen) atoms. The van der Waals surface area contributed by atoms with Gasteiger partial charge in [0.2, 0.25) is 10.0 Å². The molecule has 1 rings (SSSR count). The summed E-state index contributed by atoms with van der Waals surface area (Å²) in [5.74, 6) is -1.35. The Morgan fingerprint density at radius 2 is 2.00 bits per heavy atom. The fourth-order valence-corrected chi connectivity index (χ4v) is 2.02. The number of carbonyl (C=O) groups is 1. The molecule has 9 heteroatoms. The molecule has 0 saturated heterocycles. The minimum Gasteiger partial charge on any atom is -0.398 e. The van der Waals surface area contributed by atoms with E-state index in [0.29, 0.717) is 13.0 Å². The first kappa shape index (κ1) is 16.2. The second-order valence-corrected chi connectivity index (χ2v) is 6.06. The van der Waals surface area contributed by atoms with E-state index in [1.54, 1.807) is 0 Å². The van der Waals surface area contributed by atoms with Crippen molar-refractivity contribution in [3.8, 4) is 0 Å². The van der Waals surface area contributed by atoms with Gasteiger partial charge in [-0.3, -0.25) is 4.79 Å². The Balaban J connectivity index is 2.60. The molecule has 0 spiro atoms. The number of halogens is 1. The number of sulfonamides is 1. The third-order valence-electron chi connectivity index (χ3n) is 2.44. The van der Waals surface area contributed by atoms with Gasteiger partial charge in [-0.2, -0.15) is 0 Å². The smallest absolute Gasteiger partial charge is 0.250 e. The van der Waals surface area contributed by atoms with Crippen LogP contribution in [0.4, 0.5) is 15.8 Å². The number of nitrogen functional groups attached to an aromatic ring is 1. The molecular weight excluding hydrogens is 287 g/mol. The van der Waals surface area contributed by atoms with Crippen LogP contribution in [0.25, 0.3) is 0 Å². The molecule has 1 amide bonds. The van der Waals surface area contributed by atoms with E-state index < -0.39 is 21.7 Å². The van der Waals surface area contributed by atoms with E-state index in [4.69, 9.17) is 11.5 Å². The summed E-state index contributed by atoms with van der Waals surface area (Å²) in [6.45, 7) is 0.548. The van der Waals surface area contributed by atoms with Crippen LogP contribution in [0.3, 0.4) is 0 Å². The van der Waals surface area contributed by atoms with Gasteiger partial charge >= 0.3 is 0 Å². The number of nitrogens with two attached hydrogens (primary N) is 2. The molecule has 0 radical (unpaired) electrons. The van der Waals surface area contributed by atoms with Crippen molar-refractivity contribution >= 4 is 27.3 Å². The third-order valence-corrected chi connectivity index (χ3v) is 3.17. The number of anilines is 2. The first-order valence-electron chi connectivity index (χ1n) is 5.78. The second-order valence-electron chi connectivity index (χ2n) is 4.23. The summed E-state index contributed by atoms with van der Waals surface area (Å²) in [5, 5.41) is 2.75. The van der Waals surface area contributed by atoms with E-state index in [0.717, 1.165) is 12.3 Å². The van der Waals surface area contributed by atoms with Crippen molar-refractivity contribution in [1.29, 1.82) is 0 Å². The van der Waals surface area contributed by atoms with Crippen LogP contribution in [0.5, 0.6) is 0 Å². The van der Waals surface area contributed by atoms with Crippen LogP contribution >= 0.6 is 0 Å². The molecule has 112 valence electrons. The Morgan fingerprint density at radius 1 is 1.35 bits per heavy atom. The first-order chi connectivity index (χ1) is 9.20. The van der Waals surface area contributed by atoms with Crippen molar-refractivity contribution in [3.63, 3.8) is 0 Å². The number of hydrogen-bond acceptors (Lipinski definition) is 5. The lowest BCUT2D eigenvalue weighted by atomic mass is 10.1. The van der Waals surface area contributed by atoms with Gasteiger partial charge in [-0.25, -0.2) is 17.5 Å². The number of carbonyl (C=O) groups excluding carboxylic acids is 1. The van der Waals surface area contributed by atoms with Crippen LogP contribution in [0.1, 0.15) is 16.8 Å². The number of benzene rings is 1. The number of primary amides is 1. The number of hydrogen-bond donors (Lipinski definition) is 4. The van der Waals surface area contributed by atoms with E-state index >= 15 is 0 Å². The average molecular weight is 304 g/mol. The molecule has 0 atom stereocenters. The summed E-state index contributed by atoms with van der Waals surface area (Å²) in [5.41, 5.74) is 10.7. The maximum atomic E-state index is 13.6. The molecule has 1 aromatic carbocycles. The van der Waals surface area contributed by atoms with Crippen LogP contribution in [0, 0.1) is 5.82 Å². The van der Waals surface area contributed by atoms with E-state index in [1.165, 1.54) is 6.07 Å². The molecule has 7 nitrogen and oxygen atoms in total. The number of amides is 1. The molecule has 0 fully saturated rings. The van der Waals surface area contributed by atoms with Gasteiger partial charge in [-0.15, -0.1) is 0 Å². The van der Waals surface area contributed by atoms with Gasteiger partial charge in [0, 0.05) is 18.8 Å². The maximum Gasteiger partial charge on any atom is 0.250 e. The summed E-state index contributed by atoms with van der Waals surface area (Å²) in [6.07, 6.45) is 1.50. The summed E-state index contributed by atoms with van der Waals surface area (Å²) < 4.78 is 37.5. The van der Waals surface area contributed by atoms with E-state index in [9.17, 15) is 17.6 Å². The molecular formula is C11H17FN4O3S. The largest absolute Gasteiger partial charge is 0.398 e. The van der Waals surface area contributed by atoms with Crippen LogP contribution in [-0.2, 0) is 10.0 Å². The van der Waals surface area contributed by atoms with Crippen LogP contribution < -0.4 is 21.5 Å². The molecule has 6 N–H and O–H groups in total. The predicted octanol–water partition coefficient (Wildman–Crippen LogP) is -0.142. The lowest BCUT2D eigenvalue weighted by Gasteiger charge is -2.10. The Labute approximate surface area is 116 Å². The van der Waals surface area contributed by atoms with Crippen molar-refractivity contribution in [1.82, 2.24) is 4.72 Å². The van der Waals surface area contributed by atoms with Gasteiger partial charge in [0.05, 0.1) is 17.5 Å². The SMILES string of the molecule is CS(=O)(=O)NCCCNc1cc(C(N)=O)c(N)cc1F. The van der Waals surface area contributed by atoms with Gasteiger partial charge in [-0.05, 0) is 18.6 Å². The lowest BCUT2D eigenvalue weighted by Crippen LogP contribution is -2.24. The number of nitrogens with one attached hydrogen (secondary N) is 2. The second kappa shape index (κ2) is 6.53. The highest BCUT2D eigenvalue weighted by molar-refractivity contribution is 7.88. The summed E-state index contributed by atoms with van der Waals surface area (Å²) in [7, 11) is -3.23. The predicted molar refractivity (Wildman–Crippen MR) is 75.3 cm³/mol. The molecule has 1 aromatic rings. The van der Waals surface area contributed by atoms with Gasteiger partial charge in [0.1, 0.15) is 5.82 Å². The summed E-state index contributed by atoms with van der Waals surface area (Å²) in [6, 6.07) is 2.24. The zero-order chi connectivity index (χ0) is 15.3. The fraction of sp³-hybridized carbons (Fsp3) is 0.364. The fourth-order valence-electron chi connectivity index (χ4n) is 1.51. The topological polar surface area (TPSA) is 127 Å². The Morgan fingerprint density at radius 3 is 2.55 bits per heavy atom. The van der Waals surface area contributed by atoms with Crippen LogP contribution in [-0.4, -0.2) is 33.7 Å². The molecule has 0 saturated carbocycles. The Bertz CT molecular complexity index is 604. The Hall–Kier alpha value is -1.87. The lowest BCUT2D eigenvalue weighted by molar-refractivity contribution is 0.100. The number of rotatable bonds is 7. The van der Waals surface area contributed by atoms with E-state index in [-0.39, 0.29) is 23.5 Å². The van der Waals surface area contributed by atoms with Crippen molar-refractivity contribution in [2.24, 2.45) is 5.73 Å². The molecule has 0 bridgehead atoms. The highest BCUT2D eigenvalue weighted by Crippen LogP contribution is 2.21. The molecule has 0 aliphatic carbocycles. The summed E-state index contributed by atoms with van der Waals surface area (Å²) >= 11 is 0. The third kappa shape index (κ3) is 5.02. The maximum absolute atomic E-state index is 13.6. The molecule has 0 unspecified atom stereocenters. The minimum atomic E-state index is -3.23. The zero-order valence-corrected chi connectivity index (χ0v) is 11.8. The normalized spacial score (nSPS) is 11.3. The average Bonchev–Trinajstić information content (AvgIpc) is 2.29. The van der Waals surface area contributed by atoms with Crippen molar-refractivity contribution in [2.45, 2.75) is 6.42 Å². The standard InChI is InChI=1S/C11H17FN4O3S/c1-20(18,19)16-4-2-3-15-10-5-7(11(14)17)9(13)6-8(10)12/h5-6,15-16H,2-4,13H2,1H3,(H2,14,17). The van der Waals surface area contributed by atoms with Crippen LogP contribution in [0.2, 0.25) is 0 Å². The highest BCUT2D eigenvalue weighted by atomic mass is 32.2. The quantitative estimate of drug-likeness (QED) is 0.412. The van der Waals surface area contributed by atoms with Gasteiger partial charge in [-0.1, -0.05) is 0 Å². The minimum absolute atomic E-state index is 0.0284. The monoisotopic (exact) mass is 304 g/mol. The summed E-state index contributed by atoms with van der Waals surface area (Å²) in [4.78, 5) is 11.1. The molecule has 0 aromatic heterocycles. The zero-order valence-electron chi connectivity index (χ0n) is 10.9. The van der Waals surface area contributed by atoms with E-state index in [2.05, 4.69) is 10.0 Å². The van der Waals surface area contributed by atoms with E-state index in [1.807, 2.05) is 0 Å². The van der Waals surface area contributed by atoms with Crippen molar-refractivity contribution in [3.05, 3.63) is 23.5 Å². The van der Waals surface area contributed by atoms with Crippen molar-refractivity contribution in [2.75, 3.05) is 30.4 Å². The Kier molecular flexibility index (Phi) is 5.28.